The number of carbonyl (C=O) groups is 2. The predicted octanol–water partition coefficient (Wildman–Crippen LogP) is 2.07. The molecule has 0 saturated heterocycles. The van der Waals surface area contributed by atoms with Crippen LogP contribution in [0.1, 0.15) is 46.0 Å². The van der Waals surface area contributed by atoms with Gasteiger partial charge >= 0.3 is 12.0 Å². The first kappa shape index (κ1) is 15.7. The minimum atomic E-state index is -0.970. The molecular formula is C12H24N2O3. The van der Waals surface area contributed by atoms with Gasteiger partial charge in [0.1, 0.15) is 6.04 Å². The minimum absolute atomic E-state index is 0.304. The van der Waals surface area contributed by atoms with Crippen LogP contribution in [0.3, 0.4) is 0 Å². The fourth-order valence-corrected chi connectivity index (χ4v) is 1.51. The van der Waals surface area contributed by atoms with E-state index >= 15 is 0 Å². The van der Waals surface area contributed by atoms with E-state index in [1.54, 1.807) is 11.9 Å². The lowest BCUT2D eigenvalue weighted by Gasteiger charge is -2.21. The van der Waals surface area contributed by atoms with Gasteiger partial charge in [-0.3, -0.25) is 0 Å². The maximum absolute atomic E-state index is 11.7. The van der Waals surface area contributed by atoms with Gasteiger partial charge in [-0.05, 0) is 12.8 Å². The van der Waals surface area contributed by atoms with Crippen molar-refractivity contribution < 1.29 is 14.7 Å². The van der Waals surface area contributed by atoms with E-state index in [-0.39, 0.29) is 6.03 Å². The molecule has 0 heterocycles. The molecule has 0 aromatic heterocycles. The topological polar surface area (TPSA) is 69.6 Å². The molecule has 0 saturated carbocycles. The summed E-state index contributed by atoms with van der Waals surface area (Å²) >= 11 is 0. The number of hydrogen-bond donors (Lipinski definition) is 2. The van der Waals surface area contributed by atoms with Crippen molar-refractivity contribution in [3.8, 4) is 0 Å². The van der Waals surface area contributed by atoms with Gasteiger partial charge in [0.2, 0.25) is 0 Å². The van der Waals surface area contributed by atoms with Crippen LogP contribution in [0.25, 0.3) is 0 Å². The van der Waals surface area contributed by atoms with Crippen LogP contribution in [-0.2, 0) is 4.79 Å². The number of carboxylic acid groups (broad SMARTS) is 1. The van der Waals surface area contributed by atoms with Crippen LogP contribution < -0.4 is 5.32 Å². The molecule has 0 radical (unpaired) electrons. The number of nitrogens with one attached hydrogen (secondary N) is 1. The molecule has 0 bridgehead atoms. The molecule has 2 amide bonds. The van der Waals surface area contributed by atoms with Crippen LogP contribution in [0.15, 0.2) is 0 Å². The second-order valence-electron chi connectivity index (χ2n) is 4.26. The van der Waals surface area contributed by atoms with Gasteiger partial charge in [-0.15, -0.1) is 0 Å². The van der Waals surface area contributed by atoms with Gasteiger partial charge in [0.05, 0.1) is 0 Å². The lowest BCUT2D eigenvalue weighted by Crippen LogP contribution is -2.46. The van der Waals surface area contributed by atoms with Gasteiger partial charge < -0.3 is 15.3 Å². The Kier molecular flexibility index (Phi) is 8.19. The highest BCUT2D eigenvalue weighted by Gasteiger charge is 2.20. The van der Waals surface area contributed by atoms with Crippen LogP contribution >= 0.6 is 0 Å². The molecule has 100 valence electrons. The number of unbranched alkanes of at least 4 members (excludes halogenated alkanes) is 2. The van der Waals surface area contributed by atoms with Crippen molar-refractivity contribution in [1.29, 1.82) is 0 Å². The van der Waals surface area contributed by atoms with Crippen molar-refractivity contribution >= 4 is 12.0 Å². The number of aliphatic carboxylic acids is 1. The summed E-state index contributed by atoms with van der Waals surface area (Å²) in [6.07, 6.45) is 4.32. The zero-order chi connectivity index (χ0) is 13.3. The van der Waals surface area contributed by atoms with E-state index in [1.165, 1.54) is 0 Å². The summed E-state index contributed by atoms with van der Waals surface area (Å²) in [5.74, 6) is -0.970. The summed E-state index contributed by atoms with van der Waals surface area (Å²) in [6.45, 7) is 4.66. The van der Waals surface area contributed by atoms with Crippen LogP contribution in [0.2, 0.25) is 0 Å². The molecule has 1 unspecified atom stereocenters. The molecule has 0 aromatic carbocycles. The number of hydrogen-bond acceptors (Lipinski definition) is 2. The SMILES string of the molecule is CCCCCN(C)C(=O)NC(CCC)C(=O)O. The summed E-state index contributed by atoms with van der Waals surface area (Å²) in [5.41, 5.74) is 0. The van der Waals surface area contributed by atoms with Crippen LogP contribution in [0.5, 0.6) is 0 Å². The lowest BCUT2D eigenvalue weighted by molar-refractivity contribution is -0.139. The quantitative estimate of drug-likeness (QED) is 0.642. The van der Waals surface area contributed by atoms with Crippen LogP contribution in [0.4, 0.5) is 4.79 Å². The third-order valence-electron chi connectivity index (χ3n) is 2.62. The number of carbonyl (C=O) groups excluding carboxylic acids is 1. The molecule has 17 heavy (non-hydrogen) atoms. The highest BCUT2D eigenvalue weighted by molar-refractivity contribution is 5.82. The van der Waals surface area contributed by atoms with Crippen molar-refractivity contribution in [2.75, 3.05) is 13.6 Å². The highest BCUT2D eigenvalue weighted by Crippen LogP contribution is 2.00. The van der Waals surface area contributed by atoms with E-state index in [0.717, 1.165) is 25.7 Å². The van der Waals surface area contributed by atoms with E-state index in [0.29, 0.717) is 13.0 Å². The Labute approximate surface area is 103 Å². The summed E-state index contributed by atoms with van der Waals surface area (Å²) in [5, 5.41) is 11.4. The van der Waals surface area contributed by atoms with Gasteiger partial charge in [0, 0.05) is 13.6 Å². The molecule has 0 aliphatic heterocycles. The Bertz CT molecular complexity index is 244. The van der Waals surface area contributed by atoms with Crippen molar-refractivity contribution in [2.24, 2.45) is 0 Å². The smallest absolute Gasteiger partial charge is 0.326 e. The Morgan fingerprint density at radius 3 is 2.35 bits per heavy atom. The molecule has 0 fully saturated rings. The molecule has 0 aliphatic carbocycles. The fraction of sp³-hybridized carbons (Fsp3) is 0.833. The van der Waals surface area contributed by atoms with E-state index in [1.807, 2.05) is 6.92 Å². The number of rotatable bonds is 8. The largest absolute Gasteiger partial charge is 0.480 e. The Morgan fingerprint density at radius 2 is 1.88 bits per heavy atom. The molecule has 1 atom stereocenters. The average Bonchev–Trinajstić information content (AvgIpc) is 2.28. The second-order valence-corrected chi connectivity index (χ2v) is 4.26. The third kappa shape index (κ3) is 6.81. The maximum Gasteiger partial charge on any atom is 0.326 e. The Hall–Kier alpha value is -1.26. The van der Waals surface area contributed by atoms with Crippen LogP contribution in [-0.4, -0.2) is 41.6 Å². The Morgan fingerprint density at radius 1 is 1.24 bits per heavy atom. The molecule has 2 N–H and O–H groups in total. The van der Waals surface area contributed by atoms with Crippen LogP contribution in [0, 0.1) is 0 Å². The van der Waals surface area contributed by atoms with E-state index < -0.39 is 12.0 Å². The first-order valence-corrected chi connectivity index (χ1v) is 6.27. The zero-order valence-corrected chi connectivity index (χ0v) is 11.0. The van der Waals surface area contributed by atoms with Crippen molar-refractivity contribution in [1.82, 2.24) is 10.2 Å². The van der Waals surface area contributed by atoms with Gasteiger partial charge in [-0.2, -0.15) is 0 Å². The summed E-state index contributed by atoms with van der Waals surface area (Å²) < 4.78 is 0. The van der Waals surface area contributed by atoms with Gasteiger partial charge in [-0.1, -0.05) is 33.1 Å². The normalized spacial score (nSPS) is 11.9. The lowest BCUT2D eigenvalue weighted by atomic mass is 10.2. The summed E-state index contributed by atoms with van der Waals surface area (Å²) in [7, 11) is 1.69. The average molecular weight is 244 g/mol. The molecule has 5 heteroatoms. The van der Waals surface area contributed by atoms with E-state index in [2.05, 4.69) is 12.2 Å². The second kappa shape index (κ2) is 8.84. The maximum atomic E-state index is 11.7. The highest BCUT2D eigenvalue weighted by atomic mass is 16.4. The number of nitrogens with zero attached hydrogens (tertiary/aromatic N) is 1. The monoisotopic (exact) mass is 244 g/mol. The van der Waals surface area contributed by atoms with Crippen molar-refractivity contribution in [3.05, 3.63) is 0 Å². The van der Waals surface area contributed by atoms with Gasteiger partial charge in [0.15, 0.2) is 0 Å². The third-order valence-corrected chi connectivity index (χ3v) is 2.62. The summed E-state index contributed by atoms with van der Waals surface area (Å²) in [4.78, 5) is 24.1. The van der Waals surface area contributed by atoms with Crippen molar-refractivity contribution in [2.45, 2.75) is 52.0 Å². The molecule has 0 spiro atoms. The molecule has 0 aliphatic rings. The molecular weight excluding hydrogens is 220 g/mol. The predicted molar refractivity (Wildman–Crippen MR) is 67.0 cm³/mol. The number of carboxylic acids is 1. The van der Waals surface area contributed by atoms with Gasteiger partial charge in [-0.25, -0.2) is 9.59 Å². The van der Waals surface area contributed by atoms with Gasteiger partial charge in [0.25, 0.3) is 0 Å². The minimum Gasteiger partial charge on any atom is -0.480 e. The number of urea groups is 1. The Balaban J connectivity index is 4.06. The standard InChI is InChI=1S/C12H24N2O3/c1-4-6-7-9-14(3)12(17)13-10(8-5-2)11(15)16/h10H,4-9H2,1-3H3,(H,13,17)(H,15,16). The van der Waals surface area contributed by atoms with E-state index in [9.17, 15) is 9.59 Å². The zero-order valence-electron chi connectivity index (χ0n) is 11.0. The summed E-state index contributed by atoms with van der Waals surface area (Å²) in [6, 6.07) is -1.08. The molecule has 5 nitrogen and oxygen atoms in total. The first-order valence-electron chi connectivity index (χ1n) is 6.27. The molecule has 0 rings (SSSR count). The fourth-order valence-electron chi connectivity index (χ4n) is 1.51. The molecule has 0 aromatic rings. The van der Waals surface area contributed by atoms with E-state index in [4.69, 9.17) is 5.11 Å². The first-order chi connectivity index (χ1) is 8.02. The number of amides is 2. The van der Waals surface area contributed by atoms with Crippen molar-refractivity contribution in [3.63, 3.8) is 0 Å².